The second kappa shape index (κ2) is 5.46. The van der Waals surface area contributed by atoms with E-state index in [1.54, 1.807) is 0 Å². The fraction of sp³-hybridized carbons (Fsp3) is 0.500. The summed E-state index contributed by atoms with van der Waals surface area (Å²) < 4.78 is 22.0. The SMILES string of the molecule is CC(CO)c1ccc(CCS(C)(=O)=O)cc1. The van der Waals surface area contributed by atoms with Gasteiger partial charge >= 0.3 is 0 Å². The Morgan fingerprint density at radius 2 is 1.81 bits per heavy atom. The van der Waals surface area contributed by atoms with Crippen LogP contribution in [0.4, 0.5) is 0 Å². The minimum Gasteiger partial charge on any atom is -0.396 e. The molecule has 0 fully saturated rings. The quantitative estimate of drug-likeness (QED) is 0.848. The van der Waals surface area contributed by atoms with Crippen LogP contribution in [0.5, 0.6) is 0 Å². The Bertz CT molecular complexity index is 420. The van der Waals surface area contributed by atoms with Crippen molar-refractivity contribution in [3.05, 3.63) is 35.4 Å². The molecule has 0 aromatic heterocycles. The number of hydrogen-bond acceptors (Lipinski definition) is 3. The van der Waals surface area contributed by atoms with Crippen LogP contribution in [-0.2, 0) is 16.3 Å². The van der Waals surface area contributed by atoms with Crippen molar-refractivity contribution in [1.29, 1.82) is 0 Å². The van der Waals surface area contributed by atoms with E-state index in [2.05, 4.69) is 0 Å². The summed E-state index contributed by atoms with van der Waals surface area (Å²) in [6.07, 6.45) is 1.79. The molecule has 1 unspecified atom stereocenters. The summed E-state index contributed by atoms with van der Waals surface area (Å²) in [5.41, 5.74) is 2.09. The van der Waals surface area contributed by atoms with Crippen LogP contribution in [-0.4, -0.2) is 32.1 Å². The molecule has 3 nitrogen and oxygen atoms in total. The van der Waals surface area contributed by atoms with E-state index in [1.807, 2.05) is 31.2 Å². The van der Waals surface area contributed by atoms with Gasteiger partial charge in [0.1, 0.15) is 9.84 Å². The Labute approximate surface area is 97.0 Å². The minimum atomic E-state index is -2.89. The molecule has 0 saturated heterocycles. The predicted molar refractivity (Wildman–Crippen MR) is 65.4 cm³/mol. The van der Waals surface area contributed by atoms with Gasteiger partial charge in [-0.05, 0) is 17.5 Å². The first kappa shape index (κ1) is 13.2. The van der Waals surface area contributed by atoms with Gasteiger partial charge in [0.05, 0.1) is 5.75 Å². The molecule has 1 rings (SSSR count). The van der Waals surface area contributed by atoms with Crippen LogP contribution in [0.25, 0.3) is 0 Å². The van der Waals surface area contributed by atoms with Crippen molar-refractivity contribution in [2.75, 3.05) is 18.6 Å². The molecule has 0 aliphatic rings. The van der Waals surface area contributed by atoms with Gasteiger partial charge in [0, 0.05) is 18.8 Å². The average molecular weight is 242 g/mol. The molecule has 4 heteroatoms. The van der Waals surface area contributed by atoms with Gasteiger partial charge in [0.2, 0.25) is 0 Å². The number of aliphatic hydroxyl groups is 1. The first-order chi connectivity index (χ1) is 7.42. The van der Waals surface area contributed by atoms with E-state index < -0.39 is 9.84 Å². The van der Waals surface area contributed by atoms with Gasteiger partial charge in [-0.15, -0.1) is 0 Å². The Hall–Kier alpha value is -0.870. The van der Waals surface area contributed by atoms with Crippen molar-refractivity contribution in [2.24, 2.45) is 0 Å². The molecule has 1 N–H and O–H groups in total. The van der Waals surface area contributed by atoms with Crippen molar-refractivity contribution in [3.8, 4) is 0 Å². The lowest BCUT2D eigenvalue weighted by Crippen LogP contribution is -2.06. The minimum absolute atomic E-state index is 0.128. The molecule has 0 amide bonds. The van der Waals surface area contributed by atoms with Crippen molar-refractivity contribution in [3.63, 3.8) is 0 Å². The maximum absolute atomic E-state index is 11.0. The number of hydrogen-bond donors (Lipinski definition) is 1. The van der Waals surface area contributed by atoms with Crippen LogP contribution < -0.4 is 0 Å². The Morgan fingerprint density at radius 3 is 2.25 bits per heavy atom. The van der Waals surface area contributed by atoms with Gasteiger partial charge in [0.15, 0.2) is 0 Å². The van der Waals surface area contributed by atoms with Gasteiger partial charge in [-0.25, -0.2) is 8.42 Å². The largest absolute Gasteiger partial charge is 0.396 e. The molecule has 0 radical (unpaired) electrons. The molecule has 1 atom stereocenters. The van der Waals surface area contributed by atoms with E-state index in [9.17, 15) is 8.42 Å². The number of sulfone groups is 1. The maximum atomic E-state index is 11.0. The Balaban J connectivity index is 2.65. The maximum Gasteiger partial charge on any atom is 0.147 e. The molecular weight excluding hydrogens is 224 g/mol. The lowest BCUT2D eigenvalue weighted by molar-refractivity contribution is 0.273. The third kappa shape index (κ3) is 4.33. The topological polar surface area (TPSA) is 54.4 Å². The molecule has 0 spiro atoms. The third-order valence-electron chi connectivity index (χ3n) is 2.58. The summed E-state index contributed by atoms with van der Waals surface area (Å²) in [6, 6.07) is 7.73. The van der Waals surface area contributed by atoms with Gasteiger partial charge in [-0.2, -0.15) is 0 Å². The first-order valence-electron chi connectivity index (χ1n) is 5.30. The van der Waals surface area contributed by atoms with Crippen LogP contribution in [0.2, 0.25) is 0 Å². The van der Waals surface area contributed by atoms with Crippen LogP contribution in [0.3, 0.4) is 0 Å². The molecular formula is C12H18O3S. The summed E-state index contributed by atoms with van der Waals surface area (Å²) >= 11 is 0. The molecule has 0 saturated carbocycles. The molecule has 90 valence electrons. The molecule has 0 bridgehead atoms. The second-order valence-corrected chi connectivity index (χ2v) is 6.46. The van der Waals surface area contributed by atoms with E-state index in [1.165, 1.54) is 6.26 Å². The monoisotopic (exact) mass is 242 g/mol. The number of benzene rings is 1. The van der Waals surface area contributed by atoms with E-state index in [0.717, 1.165) is 11.1 Å². The zero-order valence-corrected chi connectivity index (χ0v) is 10.5. The van der Waals surface area contributed by atoms with Crippen molar-refractivity contribution in [1.82, 2.24) is 0 Å². The first-order valence-corrected chi connectivity index (χ1v) is 7.36. The highest BCUT2D eigenvalue weighted by atomic mass is 32.2. The zero-order valence-electron chi connectivity index (χ0n) is 9.68. The van der Waals surface area contributed by atoms with E-state index >= 15 is 0 Å². The smallest absolute Gasteiger partial charge is 0.147 e. The molecule has 0 heterocycles. The van der Waals surface area contributed by atoms with Crippen LogP contribution in [0.1, 0.15) is 24.0 Å². The van der Waals surface area contributed by atoms with E-state index in [0.29, 0.717) is 6.42 Å². The van der Waals surface area contributed by atoms with Gasteiger partial charge < -0.3 is 5.11 Å². The molecule has 16 heavy (non-hydrogen) atoms. The molecule has 0 aliphatic heterocycles. The highest BCUT2D eigenvalue weighted by molar-refractivity contribution is 7.90. The van der Waals surface area contributed by atoms with Crippen molar-refractivity contribution in [2.45, 2.75) is 19.3 Å². The molecule has 0 aliphatic carbocycles. The normalized spacial score (nSPS) is 13.7. The average Bonchev–Trinajstić information content (AvgIpc) is 2.25. The van der Waals surface area contributed by atoms with Gasteiger partial charge in [-0.3, -0.25) is 0 Å². The van der Waals surface area contributed by atoms with Crippen molar-refractivity contribution >= 4 is 9.84 Å². The lowest BCUT2D eigenvalue weighted by atomic mass is 10.0. The summed E-state index contributed by atoms with van der Waals surface area (Å²) in [7, 11) is -2.89. The predicted octanol–water partition coefficient (Wildman–Crippen LogP) is 1.37. The fourth-order valence-corrected chi connectivity index (χ4v) is 2.03. The fourth-order valence-electron chi connectivity index (χ4n) is 1.42. The summed E-state index contributed by atoms with van der Waals surface area (Å²) in [4.78, 5) is 0. The van der Waals surface area contributed by atoms with Gasteiger partial charge in [-0.1, -0.05) is 31.2 Å². The number of aliphatic hydroxyl groups excluding tert-OH is 1. The second-order valence-electron chi connectivity index (χ2n) is 4.21. The highest BCUT2D eigenvalue weighted by Crippen LogP contribution is 2.15. The third-order valence-corrected chi connectivity index (χ3v) is 3.53. The van der Waals surface area contributed by atoms with E-state index in [-0.39, 0.29) is 18.3 Å². The molecule has 1 aromatic carbocycles. The number of aryl methyl sites for hydroxylation is 1. The zero-order chi connectivity index (χ0) is 12.2. The van der Waals surface area contributed by atoms with Crippen LogP contribution >= 0.6 is 0 Å². The summed E-state index contributed by atoms with van der Waals surface area (Å²) in [5.74, 6) is 0.311. The molecule has 1 aromatic rings. The summed E-state index contributed by atoms with van der Waals surface area (Å²) in [6.45, 7) is 2.08. The number of rotatable bonds is 5. The summed E-state index contributed by atoms with van der Waals surface area (Å²) in [5, 5.41) is 8.99. The van der Waals surface area contributed by atoms with Crippen LogP contribution in [0, 0.1) is 0 Å². The van der Waals surface area contributed by atoms with E-state index in [4.69, 9.17) is 5.11 Å². The standard InChI is InChI=1S/C12H18O3S/c1-10(9-13)12-5-3-11(4-6-12)7-8-16(2,14)15/h3-6,10,13H,7-9H2,1-2H3. The highest BCUT2D eigenvalue weighted by Gasteiger charge is 2.05. The Kier molecular flexibility index (Phi) is 4.50. The Morgan fingerprint density at radius 1 is 1.25 bits per heavy atom. The van der Waals surface area contributed by atoms with Crippen molar-refractivity contribution < 1.29 is 13.5 Å². The lowest BCUT2D eigenvalue weighted by Gasteiger charge is -2.08. The van der Waals surface area contributed by atoms with Crippen LogP contribution in [0.15, 0.2) is 24.3 Å². The van der Waals surface area contributed by atoms with Gasteiger partial charge in [0.25, 0.3) is 0 Å².